The molecule has 5 nitrogen and oxygen atoms in total. The molecule has 126 valence electrons. The maximum atomic E-state index is 4.67. The number of fused-ring (bicyclic) bond motifs is 1. The first-order valence-electron chi connectivity index (χ1n) is 8.73. The molecule has 0 atom stereocenters. The summed E-state index contributed by atoms with van der Waals surface area (Å²) in [6.07, 6.45) is 4.91. The van der Waals surface area contributed by atoms with Crippen molar-refractivity contribution < 1.29 is 0 Å². The largest absolute Gasteiger partial charge is 0.353 e. The lowest BCUT2D eigenvalue weighted by Crippen LogP contribution is -2.26. The van der Waals surface area contributed by atoms with Gasteiger partial charge in [-0.15, -0.1) is 5.10 Å². The Morgan fingerprint density at radius 2 is 1.84 bits per heavy atom. The van der Waals surface area contributed by atoms with Gasteiger partial charge in [-0.05, 0) is 36.5 Å². The average molecular weight is 331 g/mol. The highest BCUT2D eigenvalue weighted by Crippen LogP contribution is 2.31. The van der Waals surface area contributed by atoms with Gasteiger partial charge in [0.05, 0.1) is 6.20 Å². The van der Waals surface area contributed by atoms with Crippen LogP contribution in [0.2, 0.25) is 0 Å². The monoisotopic (exact) mass is 331 g/mol. The van der Waals surface area contributed by atoms with Crippen LogP contribution in [0.1, 0.15) is 17.5 Å². The van der Waals surface area contributed by atoms with Gasteiger partial charge in [0.1, 0.15) is 0 Å². The first kappa shape index (κ1) is 15.6. The molecule has 1 aliphatic heterocycles. The second-order valence-corrected chi connectivity index (χ2v) is 6.18. The van der Waals surface area contributed by atoms with Crippen LogP contribution >= 0.6 is 0 Å². The third-order valence-corrected chi connectivity index (χ3v) is 4.47. The number of aromatic nitrogens is 3. The lowest BCUT2D eigenvalue weighted by molar-refractivity contribution is 0.754. The summed E-state index contributed by atoms with van der Waals surface area (Å²) in [6.45, 7) is 1.74. The van der Waals surface area contributed by atoms with Crippen molar-refractivity contribution in [3.63, 3.8) is 0 Å². The molecular weight excluding hydrogens is 310 g/mol. The Morgan fingerprint density at radius 1 is 1.00 bits per heavy atom. The zero-order valence-electron chi connectivity index (χ0n) is 14.1. The summed E-state index contributed by atoms with van der Waals surface area (Å²) >= 11 is 0. The van der Waals surface area contributed by atoms with Gasteiger partial charge in [0, 0.05) is 18.8 Å². The number of rotatable bonds is 5. The van der Waals surface area contributed by atoms with Crippen LogP contribution < -0.4 is 10.2 Å². The average Bonchev–Trinajstić information content (AvgIpc) is 2.69. The lowest BCUT2D eigenvalue weighted by atomic mass is 10.0. The summed E-state index contributed by atoms with van der Waals surface area (Å²) in [5, 5.41) is 11.5. The summed E-state index contributed by atoms with van der Waals surface area (Å²) in [6, 6.07) is 18.9. The second kappa shape index (κ2) is 7.30. The molecule has 0 radical (unpaired) electrons. The third kappa shape index (κ3) is 3.60. The van der Waals surface area contributed by atoms with E-state index < -0.39 is 0 Å². The molecule has 1 aromatic heterocycles. The molecule has 0 saturated heterocycles. The molecule has 5 heteroatoms. The van der Waals surface area contributed by atoms with Gasteiger partial charge in [-0.1, -0.05) is 48.5 Å². The fourth-order valence-electron chi connectivity index (χ4n) is 3.23. The smallest absolute Gasteiger partial charge is 0.244 e. The van der Waals surface area contributed by atoms with E-state index in [1.165, 1.54) is 16.8 Å². The lowest BCUT2D eigenvalue weighted by Gasteiger charge is -2.30. The first-order valence-corrected chi connectivity index (χ1v) is 8.73. The Kier molecular flexibility index (Phi) is 4.55. The maximum absolute atomic E-state index is 4.67. The minimum absolute atomic E-state index is 0.580. The van der Waals surface area contributed by atoms with Crippen LogP contribution in [0.3, 0.4) is 0 Å². The molecule has 2 heterocycles. The quantitative estimate of drug-likeness (QED) is 0.774. The van der Waals surface area contributed by atoms with Crippen LogP contribution in [0.15, 0.2) is 60.8 Å². The zero-order valence-corrected chi connectivity index (χ0v) is 14.1. The highest BCUT2D eigenvalue weighted by atomic mass is 15.3. The normalized spacial score (nSPS) is 13.4. The number of benzene rings is 2. The Balaban J connectivity index is 1.47. The van der Waals surface area contributed by atoms with Crippen LogP contribution in [0.25, 0.3) is 0 Å². The van der Waals surface area contributed by atoms with E-state index in [4.69, 9.17) is 0 Å². The molecule has 0 amide bonds. The molecule has 0 bridgehead atoms. The Bertz CT molecular complexity index is 834. The minimum atomic E-state index is 0.580. The number of hydrogen-bond donors (Lipinski definition) is 1. The van der Waals surface area contributed by atoms with E-state index in [1.807, 2.05) is 6.07 Å². The number of anilines is 3. The van der Waals surface area contributed by atoms with Crippen molar-refractivity contribution in [2.45, 2.75) is 19.3 Å². The van der Waals surface area contributed by atoms with Gasteiger partial charge in [0.15, 0.2) is 5.82 Å². The fraction of sp³-hybridized carbons (Fsp3) is 0.250. The van der Waals surface area contributed by atoms with Crippen molar-refractivity contribution in [2.75, 3.05) is 23.3 Å². The number of aryl methyl sites for hydroxylation is 1. The summed E-state index contributed by atoms with van der Waals surface area (Å²) < 4.78 is 0. The van der Waals surface area contributed by atoms with Crippen LogP contribution in [0.4, 0.5) is 17.5 Å². The molecule has 2 aromatic carbocycles. The predicted molar refractivity (Wildman–Crippen MR) is 100 cm³/mol. The molecule has 0 unspecified atom stereocenters. The van der Waals surface area contributed by atoms with Gasteiger partial charge < -0.3 is 10.2 Å². The van der Waals surface area contributed by atoms with E-state index >= 15 is 0 Å². The second-order valence-electron chi connectivity index (χ2n) is 6.18. The van der Waals surface area contributed by atoms with Crippen LogP contribution in [-0.4, -0.2) is 28.3 Å². The van der Waals surface area contributed by atoms with E-state index in [0.717, 1.165) is 38.2 Å². The van der Waals surface area contributed by atoms with Gasteiger partial charge in [-0.25, -0.2) is 0 Å². The van der Waals surface area contributed by atoms with Crippen molar-refractivity contribution in [3.8, 4) is 0 Å². The summed E-state index contributed by atoms with van der Waals surface area (Å²) in [7, 11) is 0. The highest BCUT2D eigenvalue weighted by Gasteiger charge is 2.19. The summed E-state index contributed by atoms with van der Waals surface area (Å²) in [4.78, 5) is 6.90. The first-order chi connectivity index (χ1) is 12.4. The molecular formula is C20H21N5. The molecule has 25 heavy (non-hydrogen) atoms. The molecule has 0 aliphatic carbocycles. The fourth-order valence-corrected chi connectivity index (χ4v) is 3.23. The van der Waals surface area contributed by atoms with E-state index in [2.05, 4.69) is 73.9 Å². The number of nitrogens with one attached hydrogen (secondary N) is 1. The van der Waals surface area contributed by atoms with Gasteiger partial charge in [-0.3, -0.25) is 0 Å². The molecule has 0 spiro atoms. The van der Waals surface area contributed by atoms with Crippen molar-refractivity contribution in [3.05, 3.63) is 71.9 Å². The van der Waals surface area contributed by atoms with Crippen LogP contribution in [-0.2, 0) is 12.8 Å². The summed E-state index contributed by atoms with van der Waals surface area (Å²) in [5.41, 5.74) is 3.89. The van der Waals surface area contributed by atoms with Crippen molar-refractivity contribution in [2.24, 2.45) is 0 Å². The van der Waals surface area contributed by atoms with Gasteiger partial charge >= 0.3 is 0 Å². The van der Waals surface area contributed by atoms with Crippen molar-refractivity contribution >= 4 is 17.5 Å². The number of para-hydroxylation sites is 1. The van der Waals surface area contributed by atoms with Crippen LogP contribution in [0, 0.1) is 0 Å². The third-order valence-electron chi connectivity index (χ3n) is 4.47. The standard InChI is InChI=1S/C20H21N5/c1-2-7-16(8-3-1)12-13-21-20-23-19(15-22-24-20)25-14-6-10-17-9-4-5-11-18(17)25/h1-5,7-9,11,15H,6,10,12-14H2,(H,21,23,24). The Morgan fingerprint density at radius 3 is 2.76 bits per heavy atom. The van der Waals surface area contributed by atoms with Gasteiger partial charge in [0.2, 0.25) is 5.95 Å². The Hall–Kier alpha value is -2.95. The van der Waals surface area contributed by atoms with Crippen LogP contribution in [0.5, 0.6) is 0 Å². The predicted octanol–water partition coefficient (Wildman–Crippen LogP) is 3.61. The minimum Gasteiger partial charge on any atom is -0.353 e. The molecule has 1 N–H and O–H groups in total. The maximum Gasteiger partial charge on any atom is 0.244 e. The highest BCUT2D eigenvalue weighted by molar-refractivity contribution is 5.65. The van der Waals surface area contributed by atoms with E-state index in [0.29, 0.717) is 5.95 Å². The molecule has 3 aromatic rings. The summed E-state index contributed by atoms with van der Waals surface area (Å²) in [5.74, 6) is 1.43. The zero-order chi connectivity index (χ0) is 16.9. The topological polar surface area (TPSA) is 53.9 Å². The molecule has 1 aliphatic rings. The number of hydrogen-bond acceptors (Lipinski definition) is 5. The van der Waals surface area contributed by atoms with Crippen molar-refractivity contribution in [1.82, 2.24) is 15.2 Å². The van der Waals surface area contributed by atoms with Gasteiger partial charge in [-0.2, -0.15) is 10.1 Å². The molecule has 0 fully saturated rings. The van der Waals surface area contributed by atoms with Crippen molar-refractivity contribution in [1.29, 1.82) is 0 Å². The molecule has 4 rings (SSSR count). The van der Waals surface area contributed by atoms with E-state index in [-0.39, 0.29) is 0 Å². The van der Waals surface area contributed by atoms with Gasteiger partial charge in [0.25, 0.3) is 0 Å². The number of nitrogens with zero attached hydrogens (tertiary/aromatic N) is 4. The van der Waals surface area contributed by atoms with E-state index in [1.54, 1.807) is 6.20 Å². The Labute approximate surface area is 147 Å². The van der Waals surface area contributed by atoms with E-state index in [9.17, 15) is 0 Å². The SMILES string of the molecule is c1ccc(CCNc2nncc(N3CCCc4ccccc43)n2)cc1. The molecule has 0 saturated carbocycles.